The van der Waals surface area contributed by atoms with Crippen LogP contribution in [-0.4, -0.2) is 33.2 Å². The van der Waals surface area contributed by atoms with Crippen LogP contribution in [0.1, 0.15) is 19.4 Å². The summed E-state index contributed by atoms with van der Waals surface area (Å²) in [6, 6.07) is 5.73. The molecule has 1 rings (SSSR count). The molecule has 0 fully saturated rings. The Morgan fingerprint density at radius 2 is 1.95 bits per heavy atom. The van der Waals surface area contributed by atoms with Crippen molar-refractivity contribution in [3.63, 3.8) is 0 Å². The standard InChI is InChI=1S/C15H24N2O3/c1-11(2)15(18)17-8-7-16-10-12-5-6-13(19-3)9-14(12)20-4/h5-6,9,11,16H,7-8,10H2,1-4H3,(H,17,18). The highest BCUT2D eigenvalue weighted by molar-refractivity contribution is 5.77. The molecule has 0 unspecified atom stereocenters. The number of methoxy groups -OCH3 is 2. The molecule has 0 radical (unpaired) electrons. The average Bonchev–Trinajstić information content (AvgIpc) is 2.46. The lowest BCUT2D eigenvalue weighted by Crippen LogP contribution is -2.34. The first-order chi connectivity index (χ1) is 9.58. The summed E-state index contributed by atoms with van der Waals surface area (Å²) in [5.41, 5.74) is 1.06. The fourth-order valence-corrected chi connectivity index (χ4v) is 1.70. The highest BCUT2D eigenvalue weighted by Gasteiger charge is 2.06. The highest BCUT2D eigenvalue weighted by Crippen LogP contribution is 2.24. The molecular formula is C15H24N2O3. The Kier molecular flexibility index (Phi) is 6.87. The molecule has 0 aliphatic carbocycles. The van der Waals surface area contributed by atoms with Crippen LogP contribution in [0.5, 0.6) is 11.5 Å². The molecule has 1 amide bonds. The van der Waals surface area contributed by atoms with Gasteiger partial charge in [0.15, 0.2) is 0 Å². The van der Waals surface area contributed by atoms with Crippen molar-refractivity contribution in [2.24, 2.45) is 5.92 Å². The summed E-state index contributed by atoms with van der Waals surface area (Å²) in [5.74, 6) is 1.67. The SMILES string of the molecule is COc1ccc(CNCCNC(=O)C(C)C)c(OC)c1. The number of benzene rings is 1. The molecule has 20 heavy (non-hydrogen) atoms. The monoisotopic (exact) mass is 280 g/mol. The molecule has 0 atom stereocenters. The second-order valence-corrected chi connectivity index (χ2v) is 4.80. The molecule has 1 aromatic carbocycles. The fraction of sp³-hybridized carbons (Fsp3) is 0.533. The number of nitrogens with one attached hydrogen (secondary N) is 2. The van der Waals surface area contributed by atoms with E-state index < -0.39 is 0 Å². The molecule has 0 bridgehead atoms. The third-order valence-electron chi connectivity index (χ3n) is 2.94. The van der Waals surface area contributed by atoms with Gasteiger partial charge in [0, 0.05) is 37.2 Å². The Balaban J connectivity index is 2.37. The van der Waals surface area contributed by atoms with E-state index in [0.717, 1.165) is 17.1 Å². The summed E-state index contributed by atoms with van der Waals surface area (Å²) in [4.78, 5) is 11.4. The van der Waals surface area contributed by atoms with Gasteiger partial charge in [-0.1, -0.05) is 19.9 Å². The van der Waals surface area contributed by atoms with Crippen molar-refractivity contribution < 1.29 is 14.3 Å². The molecule has 0 saturated carbocycles. The van der Waals surface area contributed by atoms with Gasteiger partial charge in [0.25, 0.3) is 0 Å². The van der Waals surface area contributed by atoms with E-state index in [-0.39, 0.29) is 11.8 Å². The molecule has 5 nitrogen and oxygen atoms in total. The van der Waals surface area contributed by atoms with E-state index in [0.29, 0.717) is 19.6 Å². The Bertz CT molecular complexity index is 433. The molecule has 0 heterocycles. The largest absolute Gasteiger partial charge is 0.497 e. The minimum atomic E-state index is 0.0247. The molecule has 112 valence electrons. The maximum absolute atomic E-state index is 11.4. The van der Waals surface area contributed by atoms with E-state index in [1.807, 2.05) is 32.0 Å². The van der Waals surface area contributed by atoms with Crippen molar-refractivity contribution >= 4 is 5.91 Å². The molecule has 0 aliphatic rings. The second-order valence-electron chi connectivity index (χ2n) is 4.80. The Morgan fingerprint density at radius 1 is 1.20 bits per heavy atom. The minimum absolute atomic E-state index is 0.0247. The smallest absolute Gasteiger partial charge is 0.222 e. The number of carbonyl (C=O) groups is 1. The van der Waals surface area contributed by atoms with Gasteiger partial charge >= 0.3 is 0 Å². The van der Waals surface area contributed by atoms with Crippen molar-refractivity contribution in [3.05, 3.63) is 23.8 Å². The number of carbonyl (C=O) groups excluding carboxylic acids is 1. The van der Waals surface area contributed by atoms with Crippen LogP contribution in [0.2, 0.25) is 0 Å². The fourth-order valence-electron chi connectivity index (χ4n) is 1.70. The van der Waals surface area contributed by atoms with E-state index in [1.54, 1.807) is 14.2 Å². The predicted molar refractivity (Wildman–Crippen MR) is 79.1 cm³/mol. The van der Waals surface area contributed by atoms with Crippen molar-refractivity contribution in [2.45, 2.75) is 20.4 Å². The van der Waals surface area contributed by atoms with Crippen molar-refractivity contribution in [3.8, 4) is 11.5 Å². The summed E-state index contributed by atoms with van der Waals surface area (Å²) >= 11 is 0. The maximum Gasteiger partial charge on any atom is 0.222 e. The molecule has 1 aromatic rings. The van der Waals surface area contributed by atoms with Gasteiger partial charge in [0.2, 0.25) is 5.91 Å². The molecular weight excluding hydrogens is 256 g/mol. The van der Waals surface area contributed by atoms with Gasteiger partial charge in [-0.2, -0.15) is 0 Å². The molecule has 0 aliphatic heterocycles. The van der Waals surface area contributed by atoms with E-state index in [9.17, 15) is 4.79 Å². The zero-order valence-corrected chi connectivity index (χ0v) is 12.7. The Morgan fingerprint density at radius 3 is 2.55 bits per heavy atom. The van der Waals surface area contributed by atoms with Gasteiger partial charge < -0.3 is 20.1 Å². The van der Waals surface area contributed by atoms with Gasteiger partial charge in [-0.25, -0.2) is 0 Å². The molecule has 0 spiro atoms. The van der Waals surface area contributed by atoms with Gasteiger partial charge in [0.1, 0.15) is 11.5 Å². The summed E-state index contributed by atoms with van der Waals surface area (Å²) in [5, 5.41) is 6.14. The zero-order chi connectivity index (χ0) is 15.0. The minimum Gasteiger partial charge on any atom is -0.497 e. The topological polar surface area (TPSA) is 59.6 Å². The van der Waals surface area contributed by atoms with Crippen molar-refractivity contribution in [2.75, 3.05) is 27.3 Å². The van der Waals surface area contributed by atoms with Gasteiger partial charge in [0.05, 0.1) is 14.2 Å². The molecule has 0 saturated heterocycles. The quantitative estimate of drug-likeness (QED) is 0.710. The predicted octanol–water partition coefficient (Wildman–Crippen LogP) is 1.57. The first-order valence-electron chi connectivity index (χ1n) is 6.77. The zero-order valence-electron chi connectivity index (χ0n) is 12.7. The van der Waals surface area contributed by atoms with Crippen LogP contribution in [0, 0.1) is 5.92 Å². The average molecular weight is 280 g/mol. The normalized spacial score (nSPS) is 10.4. The summed E-state index contributed by atoms with van der Waals surface area (Å²) < 4.78 is 10.5. The number of hydrogen-bond donors (Lipinski definition) is 2. The van der Waals surface area contributed by atoms with Crippen molar-refractivity contribution in [1.29, 1.82) is 0 Å². The second kappa shape index (κ2) is 8.43. The Hall–Kier alpha value is -1.75. The molecule has 2 N–H and O–H groups in total. The van der Waals surface area contributed by atoms with E-state index in [2.05, 4.69) is 10.6 Å². The summed E-state index contributed by atoms with van der Waals surface area (Å²) in [7, 11) is 3.27. The third-order valence-corrected chi connectivity index (χ3v) is 2.94. The lowest BCUT2D eigenvalue weighted by molar-refractivity contribution is -0.123. The number of hydrogen-bond acceptors (Lipinski definition) is 4. The Labute approximate surface area is 120 Å². The first kappa shape index (κ1) is 16.3. The lowest BCUT2D eigenvalue weighted by atomic mass is 10.2. The third kappa shape index (κ3) is 5.09. The number of rotatable bonds is 8. The maximum atomic E-state index is 11.4. The summed E-state index contributed by atoms with van der Waals surface area (Å²) in [6.45, 7) is 5.78. The molecule has 0 aromatic heterocycles. The van der Waals surface area contributed by atoms with Crippen LogP contribution in [-0.2, 0) is 11.3 Å². The number of amides is 1. The first-order valence-corrected chi connectivity index (χ1v) is 6.77. The van der Waals surface area contributed by atoms with Gasteiger partial charge in [-0.3, -0.25) is 4.79 Å². The van der Waals surface area contributed by atoms with Crippen LogP contribution in [0.15, 0.2) is 18.2 Å². The van der Waals surface area contributed by atoms with Crippen LogP contribution in [0.3, 0.4) is 0 Å². The number of ether oxygens (including phenoxy) is 2. The highest BCUT2D eigenvalue weighted by atomic mass is 16.5. The van der Waals surface area contributed by atoms with E-state index in [1.165, 1.54) is 0 Å². The van der Waals surface area contributed by atoms with E-state index >= 15 is 0 Å². The summed E-state index contributed by atoms with van der Waals surface area (Å²) in [6.07, 6.45) is 0. The lowest BCUT2D eigenvalue weighted by Gasteiger charge is -2.12. The van der Waals surface area contributed by atoms with Crippen molar-refractivity contribution in [1.82, 2.24) is 10.6 Å². The molecule has 5 heteroatoms. The van der Waals surface area contributed by atoms with Crippen LogP contribution in [0.25, 0.3) is 0 Å². The van der Waals surface area contributed by atoms with Gasteiger partial charge in [-0.05, 0) is 6.07 Å². The van der Waals surface area contributed by atoms with Gasteiger partial charge in [-0.15, -0.1) is 0 Å². The van der Waals surface area contributed by atoms with Crippen LogP contribution in [0.4, 0.5) is 0 Å². The van der Waals surface area contributed by atoms with Crippen LogP contribution >= 0.6 is 0 Å². The van der Waals surface area contributed by atoms with E-state index in [4.69, 9.17) is 9.47 Å². The van der Waals surface area contributed by atoms with Crippen LogP contribution < -0.4 is 20.1 Å².